The van der Waals surface area contributed by atoms with E-state index in [9.17, 15) is 13.2 Å². The summed E-state index contributed by atoms with van der Waals surface area (Å²) in [5, 5.41) is 8.96. The molecule has 1 aliphatic carbocycles. The van der Waals surface area contributed by atoms with E-state index in [1.807, 2.05) is 19.1 Å². The van der Waals surface area contributed by atoms with Gasteiger partial charge in [0.1, 0.15) is 0 Å². The molecule has 0 aromatic heterocycles. The second-order valence-corrected chi connectivity index (χ2v) is 7.15. The van der Waals surface area contributed by atoms with Crippen LogP contribution >= 0.6 is 0 Å². The molecular formula is C15H21NO4S. The summed E-state index contributed by atoms with van der Waals surface area (Å²) in [4.78, 5) is 11.2. The molecule has 5 nitrogen and oxygen atoms in total. The molecule has 116 valence electrons. The molecule has 21 heavy (non-hydrogen) atoms. The Kier molecular flexibility index (Phi) is 5.00. The predicted octanol–water partition coefficient (Wildman–Crippen LogP) is 2.17. The van der Waals surface area contributed by atoms with Gasteiger partial charge in [0, 0.05) is 6.04 Å². The van der Waals surface area contributed by atoms with Crippen molar-refractivity contribution in [2.75, 3.05) is 0 Å². The lowest BCUT2D eigenvalue weighted by molar-refractivity contribution is -0.142. The van der Waals surface area contributed by atoms with Crippen LogP contribution in [0.4, 0.5) is 0 Å². The van der Waals surface area contributed by atoms with E-state index in [0.717, 1.165) is 5.56 Å². The molecule has 1 aromatic rings. The third-order valence-corrected chi connectivity index (χ3v) is 5.66. The lowest BCUT2D eigenvalue weighted by Gasteiger charge is -2.26. The summed E-state index contributed by atoms with van der Waals surface area (Å²) in [5.74, 6) is -1.12. The molecule has 0 radical (unpaired) electrons. The van der Waals surface area contributed by atoms with Crippen molar-refractivity contribution in [3.63, 3.8) is 0 Å². The van der Waals surface area contributed by atoms with Gasteiger partial charge in [0.2, 0.25) is 10.0 Å². The first-order valence-electron chi connectivity index (χ1n) is 7.27. The maximum Gasteiger partial charge on any atom is 0.306 e. The summed E-state index contributed by atoms with van der Waals surface area (Å²) >= 11 is 0. The maximum atomic E-state index is 12.5. The van der Waals surface area contributed by atoms with Gasteiger partial charge in [-0.25, -0.2) is 13.1 Å². The Morgan fingerprint density at radius 1 is 1.24 bits per heavy atom. The number of sulfonamides is 1. The second-order valence-electron chi connectivity index (χ2n) is 5.47. The molecule has 0 atom stereocenters. The van der Waals surface area contributed by atoms with Crippen molar-refractivity contribution in [1.29, 1.82) is 0 Å². The Hall–Kier alpha value is -1.40. The van der Waals surface area contributed by atoms with Crippen LogP contribution in [0.1, 0.15) is 38.2 Å². The zero-order chi connectivity index (χ0) is 15.5. The number of hydrogen-bond donors (Lipinski definition) is 2. The van der Waals surface area contributed by atoms with Crippen molar-refractivity contribution in [3.8, 4) is 0 Å². The normalized spacial score (nSPS) is 22.9. The molecule has 0 saturated heterocycles. The number of nitrogens with one attached hydrogen (secondary N) is 1. The predicted molar refractivity (Wildman–Crippen MR) is 79.5 cm³/mol. The van der Waals surface area contributed by atoms with E-state index >= 15 is 0 Å². The summed E-state index contributed by atoms with van der Waals surface area (Å²) in [6.45, 7) is 1.92. The van der Waals surface area contributed by atoms with Crippen LogP contribution in [0.2, 0.25) is 0 Å². The first kappa shape index (κ1) is 16.0. The first-order chi connectivity index (χ1) is 9.94. The van der Waals surface area contributed by atoms with Gasteiger partial charge < -0.3 is 5.11 Å². The fraction of sp³-hybridized carbons (Fsp3) is 0.533. The van der Waals surface area contributed by atoms with E-state index in [2.05, 4.69) is 4.72 Å². The summed E-state index contributed by atoms with van der Waals surface area (Å²) < 4.78 is 27.7. The maximum absolute atomic E-state index is 12.5. The number of aryl methyl sites for hydroxylation is 1. The summed E-state index contributed by atoms with van der Waals surface area (Å²) in [5.41, 5.74) is 0.796. The lowest BCUT2D eigenvalue weighted by Crippen LogP contribution is -2.39. The third-order valence-electron chi connectivity index (χ3n) is 4.04. The molecule has 1 saturated carbocycles. The van der Waals surface area contributed by atoms with Crippen LogP contribution in [-0.4, -0.2) is 25.5 Å². The van der Waals surface area contributed by atoms with E-state index in [4.69, 9.17) is 5.11 Å². The zero-order valence-electron chi connectivity index (χ0n) is 12.1. The van der Waals surface area contributed by atoms with Crippen molar-refractivity contribution in [2.45, 2.75) is 50.0 Å². The molecule has 6 heteroatoms. The van der Waals surface area contributed by atoms with E-state index in [1.165, 1.54) is 0 Å². The zero-order valence-corrected chi connectivity index (χ0v) is 12.9. The molecule has 2 rings (SSSR count). The van der Waals surface area contributed by atoms with Crippen molar-refractivity contribution >= 4 is 16.0 Å². The molecule has 0 heterocycles. The highest BCUT2D eigenvalue weighted by atomic mass is 32.2. The highest BCUT2D eigenvalue weighted by Gasteiger charge is 2.29. The largest absolute Gasteiger partial charge is 0.481 e. The van der Waals surface area contributed by atoms with Gasteiger partial charge in [-0.15, -0.1) is 0 Å². The van der Waals surface area contributed by atoms with Crippen LogP contribution in [-0.2, 0) is 21.2 Å². The highest BCUT2D eigenvalue weighted by molar-refractivity contribution is 7.89. The standard InChI is InChI=1S/C15H21NO4S/c1-2-11-5-3-4-6-14(11)21(19,20)16-13-9-7-12(8-10-13)15(17)18/h3-6,12-13,16H,2,7-10H2,1H3,(H,17,18). The third kappa shape index (κ3) is 3.83. The quantitative estimate of drug-likeness (QED) is 0.873. The first-order valence-corrected chi connectivity index (χ1v) is 8.75. The topological polar surface area (TPSA) is 83.5 Å². The number of carboxylic acid groups (broad SMARTS) is 1. The molecular weight excluding hydrogens is 290 g/mol. The molecule has 0 unspecified atom stereocenters. The van der Waals surface area contributed by atoms with Crippen LogP contribution in [0.3, 0.4) is 0 Å². The van der Waals surface area contributed by atoms with Crippen molar-refractivity contribution in [1.82, 2.24) is 4.72 Å². The minimum absolute atomic E-state index is 0.171. The SMILES string of the molecule is CCc1ccccc1S(=O)(=O)NC1CCC(C(=O)O)CC1. The van der Waals surface area contributed by atoms with Crippen LogP contribution in [0.5, 0.6) is 0 Å². The van der Waals surface area contributed by atoms with Gasteiger partial charge in [0.15, 0.2) is 0 Å². The fourth-order valence-corrected chi connectivity index (χ4v) is 4.42. The van der Waals surface area contributed by atoms with Gasteiger partial charge in [0.05, 0.1) is 10.8 Å². The van der Waals surface area contributed by atoms with Gasteiger partial charge >= 0.3 is 5.97 Å². The Bertz CT molecular complexity index is 604. The van der Waals surface area contributed by atoms with Crippen LogP contribution in [0.25, 0.3) is 0 Å². The molecule has 0 bridgehead atoms. The Morgan fingerprint density at radius 3 is 2.43 bits per heavy atom. The Labute approximate surface area is 125 Å². The summed E-state index contributed by atoms with van der Waals surface area (Å²) in [6, 6.07) is 6.81. The van der Waals surface area contributed by atoms with E-state index in [-0.39, 0.29) is 12.0 Å². The number of carbonyl (C=O) groups is 1. The van der Waals surface area contributed by atoms with E-state index in [1.54, 1.807) is 12.1 Å². The lowest BCUT2D eigenvalue weighted by atomic mass is 9.87. The second kappa shape index (κ2) is 6.58. The smallest absolute Gasteiger partial charge is 0.306 e. The monoisotopic (exact) mass is 311 g/mol. The molecule has 1 fully saturated rings. The van der Waals surface area contributed by atoms with Gasteiger partial charge in [-0.1, -0.05) is 25.1 Å². The minimum Gasteiger partial charge on any atom is -0.481 e. The average Bonchev–Trinajstić information content (AvgIpc) is 2.47. The number of benzene rings is 1. The highest BCUT2D eigenvalue weighted by Crippen LogP contribution is 2.26. The number of carboxylic acids is 1. The fourth-order valence-electron chi connectivity index (χ4n) is 2.80. The van der Waals surface area contributed by atoms with Crippen LogP contribution in [0.15, 0.2) is 29.2 Å². The molecule has 0 amide bonds. The summed E-state index contributed by atoms with van der Waals surface area (Å²) in [7, 11) is -3.54. The molecule has 2 N–H and O–H groups in total. The van der Waals surface area contributed by atoms with E-state index in [0.29, 0.717) is 37.0 Å². The molecule has 1 aliphatic rings. The average molecular weight is 311 g/mol. The van der Waals surface area contributed by atoms with Gasteiger partial charge in [0.25, 0.3) is 0 Å². The van der Waals surface area contributed by atoms with Gasteiger partial charge in [-0.3, -0.25) is 4.79 Å². The van der Waals surface area contributed by atoms with Crippen molar-refractivity contribution in [2.24, 2.45) is 5.92 Å². The number of aliphatic carboxylic acids is 1. The molecule has 0 spiro atoms. The molecule has 0 aliphatic heterocycles. The number of rotatable bonds is 5. The van der Waals surface area contributed by atoms with Crippen LogP contribution < -0.4 is 4.72 Å². The van der Waals surface area contributed by atoms with Gasteiger partial charge in [-0.2, -0.15) is 0 Å². The number of hydrogen-bond acceptors (Lipinski definition) is 3. The summed E-state index contributed by atoms with van der Waals surface area (Å²) in [6.07, 6.45) is 2.85. The van der Waals surface area contributed by atoms with E-state index < -0.39 is 16.0 Å². The molecule has 1 aromatic carbocycles. The van der Waals surface area contributed by atoms with Crippen molar-refractivity contribution in [3.05, 3.63) is 29.8 Å². The minimum atomic E-state index is -3.54. The van der Waals surface area contributed by atoms with Crippen LogP contribution in [0, 0.1) is 5.92 Å². The van der Waals surface area contributed by atoms with Crippen molar-refractivity contribution < 1.29 is 18.3 Å². The van der Waals surface area contributed by atoms with Gasteiger partial charge in [-0.05, 0) is 43.7 Å². The Morgan fingerprint density at radius 2 is 1.86 bits per heavy atom. The Balaban J connectivity index is 2.07.